The van der Waals surface area contributed by atoms with E-state index in [-0.39, 0.29) is 13.2 Å². The van der Waals surface area contributed by atoms with Crippen LogP contribution >= 0.6 is 11.6 Å². The van der Waals surface area contributed by atoms with Crippen molar-refractivity contribution in [2.24, 2.45) is 0 Å². The molecule has 2 aliphatic rings. The van der Waals surface area contributed by atoms with E-state index in [1.165, 1.54) is 4.90 Å². The van der Waals surface area contributed by atoms with Gasteiger partial charge in [-0.2, -0.15) is 0 Å². The van der Waals surface area contributed by atoms with Crippen LogP contribution in [0.5, 0.6) is 5.75 Å². The predicted octanol–water partition coefficient (Wildman–Crippen LogP) is 4.13. The predicted molar refractivity (Wildman–Crippen MR) is 113 cm³/mol. The highest BCUT2D eigenvalue weighted by Gasteiger charge is 2.65. The minimum absolute atomic E-state index is 0.279. The molecule has 1 unspecified atom stereocenters. The molecule has 1 atom stereocenters. The third-order valence-electron chi connectivity index (χ3n) is 5.91. The molecule has 7 heteroatoms. The summed E-state index contributed by atoms with van der Waals surface area (Å²) in [6, 6.07) is 16.3. The van der Waals surface area contributed by atoms with Gasteiger partial charge in [0.1, 0.15) is 5.75 Å². The number of aliphatic hydroxyl groups is 1. The molecule has 3 aromatic rings. The fourth-order valence-electron chi connectivity index (χ4n) is 4.38. The molecule has 154 valence electrons. The maximum Gasteiger partial charge on any atom is 0.274 e. The fourth-order valence-corrected chi connectivity index (χ4v) is 4.60. The van der Waals surface area contributed by atoms with Gasteiger partial charge in [-0.1, -0.05) is 35.9 Å². The standard InChI is InChI=1S/C23H20ClNO5/c1-22(29-11-12-30-22)23(27)20-16-13-15(28-2)9-7-14(16)8-10-19(20)25(21(23)26)18-6-4-3-5-17(18)24/h3-10,13,27H,11-12H2,1-2H3. The molecule has 30 heavy (non-hydrogen) atoms. The summed E-state index contributed by atoms with van der Waals surface area (Å²) < 4.78 is 17.0. The second-order valence-corrected chi connectivity index (χ2v) is 7.90. The second-order valence-electron chi connectivity index (χ2n) is 7.49. The van der Waals surface area contributed by atoms with Crippen LogP contribution in [-0.4, -0.2) is 37.1 Å². The van der Waals surface area contributed by atoms with E-state index >= 15 is 0 Å². The van der Waals surface area contributed by atoms with E-state index in [4.69, 9.17) is 25.8 Å². The van der Waals surface area contributed by atoms with E-state index in [1.807, 2.05) is 24.3 Å². The van der Waals surface area contributed by atoms with E-state index in [2.05, 4.69) is 0 Å². The van der Waals surface area contributed by atoms with E-state index in [9.17, 15) is 9.90 Å². The van der Waals surface area contributed by atoms with Crippen molar-refractivity contribution in [3.05, 3.63) is 65.2 Å². The molecular formula is C23H20ClNO5. The SMILES string of the molecule is COc1ccc2ccc3c(c2c1)C(O)(C1(C)OCCO1)C(=O)N3c1ccccc1Cl. The van der Waals surface area contributed by atoms with Crippen molar-refractivity contribution in [2.75, 3.05) is 25.2 Å². The van der Waals surface area contributed by atoms with Crippen molar-refractivity contribution in [3.8, 4) is 5.75 Å². The monoisotopic (exact) mass is 425 g/mol. The number of methoxy groups -OCH3 is 1. The minimum Gasteiger partial charge on any atom is -0.497 e. The molecule has 1 saturated heterocycles. The number of hydrogen-bond donors (Lipinski definition) is 1. The number of nitrogens with zero attached hydrogens (tertiary/aromatic N) is 1. The molecule has 0 aliphatic carbocycles. The van der Waals surface area contributed by atoms with Gasteiger partial charge in [0, 0.05) is 5.56 Å². The lowest BCUT2D eigenvalue weighted by Crippen LogP contribution is -2.56. The number of ether oxygens (including phenoxy) is 3. The Labute approximate surface area is 178 Å². The van der Waals surface area contributed by atoms with Crippen molar-refractivity contribution in [1.29, 1.82) is 0 Å². The summed E-state index contributed by atoms with van der Waals surface area (Å²) in [5.41, 5.74) is -0.667. The quantitative estimate of drug-likeness (QED) is 0.683. The third-order valence-corrected chi connectivity index (χ3v) is 6.23. The molecule has 0 aromatic heterocycles. The van der Waals surface area contributed by atoms with E-state index in [0.717, 1.165) is 5.39 Å². The van der Waals surface area contributed by atoms with Crippen molar-refractivity contribution in [2.45, 2.75) is 18.3 Å². The third kappa shape index (κ3) is 2.45. The summed E-state index contributed by atoms with van der Waals surface area (Å²) in [7, 11) is 1.57. The minimum atomic E-state index is -2.08. The van der Waals surface area contributed by atoms with Gasteiger partial charge in [-0.25, -0.2) is 0 Å². The fraction of sp³-hybridized carbons (Fsp3) is 0.261. The Hall–Kier alpha value is -2.64. The van der Waals surface area contributed by atoms with Gasteiger partial charge in [0.05, 0.1) is 36.7 Å². The number of rotatable bonds is 3. The van der Waals surface area contributed by atoms with Gasteiger partial charge in [0.25, 0.3) is 5.91 Å². The Kier molecular flexibility index (Phi) is 4.31. The van der Waals surface area contributed by atoms with E-state index in [0.29, 0.717) is 33.1 Å². The number of fused-ring (bicyclic) bond motifs is 3. The Morgan fingerprint density at radius 2 is 1.77 bits per heavy atom. The van der Waals surface area contributed by atoms with Gasteiger partial charge in [-0.15, -0.1) is 0 Å². The van der Waals surface area contributed by atoms with Gasteiger partial charge in [-0.3, -0.25) is 9.69 Å². The van der Waals surface area contributed by atoms with Gasteiger partial charge in [-0.05, 0) is 48.0 Å². The maximum atomic E-state index is 13.9. The smallest absolute Gasteiger partial charge is 0.274 e. The summed E-state index contributed by atoms with van der Waals surface area (Å²) in [6.45, 7) is 2.15. The zero-order chi connectivity index (χ0) is 21.1. The molecule has 0 spiro atoms. The number of benzene rings is 3. The highest BCUT2D eigenvalue weighted by molar-refractivity contribution is 6.34. The molecular weight excluding hydrogens is 406 g/mol. The number of para-hydroxylation sites is 1. The van der Waals surface area contributed by atoms with Crippen molar-refractivity contribution in [3.63, 3.8) is 0 Å². The first-order valence-electron chi connectivity index (χ1n) is 9.61. The lowest BCUT2D eigenvalue weighted by Gasteiger charge is -2.36. The van der Waals surface area contributed by atoms with Crippen LogP contribution in [0.3, 0.4) is 0 Å². The highest BCUT2D eigenvalue weighted by Crippen LogP contribution is 2.55. The summed E-state index contributed by atoms with van der Waals surface area (Å²) in [6.07, 6.45) is 0. The lowest BCUT2D eigenvalue weighted by atomic mass is 9.84. The van der Waals surface area contributed by atoms with Crippen LogP contribution in [0.15, 0.2) is 54.6 Å². The summed E-state index contributed by atoms with van der Waals surface area (Å²) >= 11 is 6.43. The zero-order valence-corrected chi connectivity index (χ0v) is 17.3. The summed E-state index contributed by atoms with van der Waals surface area (Å²) in [4.78, 5) is 15.3. The van der Waals surface area contributed by atoms with Gasteiger partial charge >= 0.3 is 0 Å². The van der Waals surface area contributed by atoms with Crippen LogP contribution < -0.4 is 9.64 Å². The molecule has 6 nitrogen and oxygen atoms in total. The number of hydrogen-bond acceptors (Lipinski definition) is 5. The normalized spacial score (nSPS) is 22.5. The van der Waals surface area contributed by atoms with Crippen molar-refractivity contribution >= 4 is 39.7 Å². The number of amides is 1. The van der Waals surface area contributed by atoms with Crippen LogP contribution in [0.25, 0.3) is 10.8 Å². The van der Waals surface area contributed by atoms with Gasteiger partial charge in [0.2, 0.25) is 11.4 Å². The number of anilines is 2. The van der Waals surface area contributed by atoms with Crippen LogP contribution in [0.2, 0.25) is 5.02 Å². The van der Waals surface area contributed by atoms with Gasteiger partial charge in [0.15, 0.2) is 0 Å². The number of carbonyl (C=O) groups excluding carboxylic acids is 1. The average Bonchev–Trinajstić information content (AvgIpc) is 3.30. The van der Waals surface area contributed by atoms with Gasteiger partial charge < -0.3 is 19.3 Å². The molecule has 5 rings (SSSR count). The molecule has 3 aromatic carbocycles. The molecule has 2 aliphatic heterocycles. The Morgan fingerprint density at radius 1 is 1.07 bits per heavy atom. The van der Waals surface area contributed by atoms with Crippen molar-refractivity contribution < 1.29 is 24.1 Å². The Morgan fingerprint density at radius 3 is 2.47 bits per heavy atom. The first-order valence-corrected chi connectivity index (χ1v) is 9.99. The van der Waals surface area contributed by atoms with E-state index in [1.54, 1.807) is 44.4 Å². The lowest BCUT2D eigenvalue weighted by molar-refractivity contribution is -0.252. The molecule has 1 N–H and O–H groups in total. The summed E-state index contributed by atoms with van der Waals surface area (Å²) in [5, 5.41) is 14.0. The largest absolute Gasteiger partial charge is 0.497 e. The topological polar surface area (TPSA) is 68.2 Å². The van der Waals surface area contributed by atoms with Crippen LogP contribution in [0.1, 0.15) is 12.5 Å². The van der Waals surface area contributed by atoms with Crippen LogP contribution in [-0.2, 0) is 19.9 Å². The second kappa shape index (κ2) is 6.68. The molecule has 1 amide bonds. The Bertz CT molecular complexity index is 1170. The molecule has 0 radical (unpaired) electrons. The average molecular weight is 426 g/mol. The highest BCUT2D eigenvalue weighted by atomic mass is 35.5. The van der Waals surface area contributed by atoms with Crippen LogP contribution in [0, 0.1) is 0 Å². The summed E-state index contributed by atoms with van der Waals surface area (Å²) in [5.74, 6) is -1.52. The van der Waals surface area contributed by atoms with E-state index < -0.39 is 17.3 Å². The first-order chi connectivity index (χ1) is 14.4. The molecule has 2 heterocycles. The Balaban J connectivity index is 1.86. The molecule has 1 fully saturated rings. The number of carbonyl (C=O) groups is 1. The zero-order valence-electron chi connectivity index (χ0n) is 16.5. The van der Waals surface area contributed by atoms with Crippen LogP contribution in [0.4, 0.5) is 11.4 Å². The first kappa shape index (κ1) is 19.3. The molecule has 0 bridgehead atoms. The maximum absolute atomic E-state index is 13.9. The van der Waals surface area contributed by atoms with Crippen molar-refractivity contribution in [1.82, 2.24) is 0 Å². The number of halogens is 1. The molecule has 0 saturated carbocycles.